The van der Waals surface area contributed by atoms with Crippen molar-refractivity contribution in [3.05, 3.63) is 0 Å². The normalized spacial score (nSPS) is 78.5. The minimum Gasteiger partial charge on any atom is -0.481 e. The Labute approximate surface area is 600 Å². The number of carbonyl (C=O) groups is 2. The molecule has 0 spiro atoms. The topological polar surface area (TPSA) is 54.4 Å². The van der Waals surface area contributed by atoms with Gasteiger partial charge in [-0.3, -0.25) is 9.59 Å². The summed E-state index contributed by atoms with van der Waals surface area (Å²) in [5.74, 6) is 67.9. The van der Waals surface area contributed by atoms with Crippen molar-refractivity contribution in [2.45, 2.75) is 187 Å². The van der Waals surface area contributed by atoms with Crippen LogP contribution in [-0.2, 0) is 9.59 Å². The highest BCUT2D eigenvalue weighted by Crippen LogP contribution is 2.93. The Kier molecular flexibility index (Phi) is 9.62. The summed E-state index contributed by atoms with van der Waals surface area (Å²) >= 11 is 0. The van der Waals surface area contributed by atoms with Gasteiger partial charge >= 0.3 is 5.97 Å². The summed E-state index contributed by atoms with van der Waals surface area (Å²) in [6.45, 7) is 2.00. The summed E-state index contributed by atoms with van der Waals surface area (Å²) in [6.07, 6.45) is 45.3. The largest absolute Gasteiger partial charge is 0.481 e. The number of carboxylic acid groups (broad SMARTS) is 1. The van der Waals surface area contributed by atoms with E-state index in [0.29, 0.717) is 23.5 Å². The van der Waals surface area contributed by atoms with Crippen LogP contribution in [-0.4, -0.2) is 16.9 Å². The fourth-order valence-corrected chi connectivity index (χ4v) is 54.6. The Morgan fingerprint density at radius 2 is 0.290 bits per heavy atom. The van der Waals surface area contributed by atoms with E-state index in [4.69, 9.17) is 0 Å². The highest BCUT2D eigenvalue weighted by molar-refractivity contribution is 5.79. The molecule has 66 unspecified atom stereocenters. The predicted molar refractivity (Wildman–Crippen MR) is 378 cm³/mol. The number of aliphatic carboxylic acids is 1. The SMILES string of the molecule is CC(=O)C1CCC2CC3CC4CC5CC6CC7CC8CC9CC%10CC%11CCC%12CCC%13CCC%14CC%15CC%16CC%17CC%18CC%19CC%20CC%21CC%22CC%23CCC(C(=O)O)C%24C%23C%23C%22C%22C%21C%21C%20C%20C%19C%19C%18C%18C%17C%17C%16C%16C%15C%15C%14C%13C%12C%11C%15C%10C%16C9C%17C8C%18C7C%19C6C%20C5C%21C4C%22C3C%23C2C1%24. The van der Waals surface area contributed by atoms with E-state index in [0.717, 1.165) is 261 Å². The average Bonchev–Trinajstić information content (AvgIpc) is 0.635. The third-order valence-electron chi connectivity index (χ3n) is 51.7. The zero-order chi connectivity index (χ0) is 63.1. The maximum Gasteiger partial charge on any atom is 0.306 e. The van der Waals surface area contributed by atoms with Crippen LogP contribution in [0.4, 0.5) is 0 Å². The number of rotatable bonds is 2. The molecule has 33 saturated carbocycles. The summed E-state index contributed by atoms with van der Waals surface area (Å²) in [6, 6.07) is 0. The van der Waals surface area contributed by atoms with Gasteiger partial charge in [0.15, 0.2) is 0 Å². The number of hydrogen-bond donors (Lipinski definition) is 1. The molecule has 66 atom stereocenters. The molecule has 33 aliphatic rings. The van der Waals surface area contributed by atoms with Gasteiger partial charge in [-0.1, -0.05) is 0 Å². The van der Waals surface area contributed by atoms with E-state index < -0.39 is 5.97 Å². The van der Waals surface area contributed by atoms with E-state index in [1.165, 1.54) is 132 Å². The van der Waals surface area contributed by atoms with Crippen molar-refractivity contribution in [1.29, 1.82) is 0 Å². The summed E-state index contributed by atoms with van der Waals surface area (Å²) in [7, 11) is 0. The molecule has 0 heterocycles. The maximum atomic E-state index is 14.5. The van der Waals surface area contributed by atoms with Gasteiger partial charge < -0.3 is 5.11 Å². The fourth-order valence-electron chi connectivity index (χ4n) is 54.6. The average molecular weight is 1340 g/mol. The van der Waals surface area contributed by atoms with E-state index in [9.17, 15) is 14.7 Å². The van der Waals surface area contributed by atoms with Gasteiger partial charge in [-0.15, -0.1) is 0 Å². The number of carboxylic acids is 1. The van der Waals surface area contributed by atoms with Gasteiger partial charge in [0.1, 0.15) is 5.78 Å². The summed E-state index contributed by atoms with van der Waals surface area (Å²) < 4.78 is 0. The molecule has 33 rings (SSSR count). The van der Waals surface area contributed by atoms with Crippen LogP contribution in [0.2, 0.25) is 0 Å². The number of hydrogen-bond acceptors (Lipinski definition) is 2. The van der Waals surface area contributed by atoms with Gasteiger partial charge in [-0.2, -0.15) is 0 Å². The zero-order valence-corrected chi connectivity index (χ0v) is 61.2. The molecule has 0 amide bonds. The molecular weight excluding hydrogens is 1210 g/mol. The van der Waals surface area contributed by atoms with E-state index in [-0.39, 0.29) is 17.8 Å². The lowest BCUT2D eigenvalue weighted by molar-refractivity contribution is -0.395. The maximum absolute atomic E-state index is 14.5. The van der Waals surface area contributed by atoms with Crippen molar-refractivity contribution >= 4 is 11.8 Å². The molecule has 532 valence electrons. The highest BCUT2D eigenvalue weighted by atomic mass is 16.4. The van der Waals surface area contributed by atoms with E-state index in [1.54, 1.807) is 141 Å². The molecule has 0 bridgehead atoms. The van der Waals surface area contributed by atoms with Crippen LogP contribution in [0.25, 0.3) is 0 Å². The van der Waals surface area contributed by atoms with Gasteiger partial charge in [0.05, 0.1) is 5.92 Å². The van der Waals surface area contributed by atoms with E-state index in [2.05, 4.69) is 0 Å². The van der Waals surface area contributed by atoms with Crippen LogP contribution in [0, 0.1) is 391 Å². The van der Waals surface area contributed by atoms with Gasteiger partial charge in [-0.05, 0) is 565 Å². The van der Waals surface area contributed by atoms with Crippen LogP contribution in [0.3, 0.4) is 0 Å². The molecule has 0 radical (unpaired) electrons. The van der Waals surface area contributed by atoms with Gasteiger partial charge in [0.2, 0.25) is 0 Å². The molecule has 33 fully saturated rings. The van der Waals surface area contributed by atoms with Crippen molar-refractivity contribution in [3.63, 3.8) is 0 Å². The van der Waals surface area contributed by atoms with E-state index >= 15 is 0 Å². The third kappa shape index (κ3) is 5.50. The van der Waals surface area contributed by atoms with Crippen molar-refractivity contribution < 1.29 is 14.7 Å². The minimum atomic E-state index is -0.448. The smallest absolute Gasteiger partial charge is 0.306 e. The molecule has 1 N–H and O–H groups in total. The first-order valence-electron chi connectivity index (χ1n) is 48.0. The van der Waals surface area contributed by atoms with Crippen molar-refractivity contribution in [3.8, 4) is 0 Å². The minimum absolute atomic E-state index is 0.143. The number of carbonyl (C=O) groups excluding carboxylic acids is 1. The molecule has 3 nitrogen and oxygen atoms in total. The summed E-state index contributed by atoms with van der Waals surface area (Å²) in [4.78, 5) is 28.5. The van der Waals surface area contributed by atoms with Gasteiger partial charge in [0.25, 0.3) is 0 Å². The van der Waals surface area contributed by atoms with Crippen LogP contribution in [0.1, 0.15) is 187 Å². The monoisotopic (exact) mass is 1340 g/mol. The Hall–Kier alpha value is -0.860. The molecular formula is C97H126O3. The Morgan fingerprint density at radius 3 is 0.480 bits per heavy atom. The van der Waals surface area contributed by atoms with Crippen LogP contribution >= 0.6 is 0 Å². The molecule has 0 aromatic rings. The van der Waals surface area contributed by atoms with Crippen molar-refractivity contribution in [1.82, 2.24) is 0 Å². The van der Waals surface area contributed by atoms with Gasteiger partial charge in [0, 0.05) is 5.92 Å². The van der Waals surface area contributed by atoms with Crippen molar-refractivity contribution in [2.24, 2.45) is 391 Å². The second-order valence-electron chi connectivity index (χ2n) is 50.3. The van der Waals surface area contributed by atoms with Crippen LogP contribution in [0.15, 0.2) is 0 Å². The lowest BCUT2D eigenvalue weighted by Crippen LogP contribution is -2.82. The van der Waals surface area contributed by atoms with E-state index in [1.807, 2.05) is 6.92 Å². The first-order valence-corrected chi connectivity index (χ1v) is 48.0. The first-order chi connectivity index (χ1) is 49.3. The molecule has 0 saturated heterocycles. The highest BCUT2D eigenvalue weighted by Gasteiger charge is 2.88. The Bertz CT molecular complexity index is 3530. The predicted octanol–water partition coefficient (Wildman–Crippen LogP) is 18.7. The number of Topliss-reactive ketones (excluding diaryl/α,β-unsaturated/α-hetero) is 1. The van der Waals surface area contributed by atoms with Gasteiger partial charge in [-0.25, -0.2) is 0 Å². The first kappa shape index (κ1) is 55.5. The summed E-state index contributed by atoms with van der Waals surface area (Å²) in [5.41, 5.74) is 0. The molecule has 0 aromatic carbocycles. The second kappa shape index (κ2) is 17.3. The molecule has 0 aromatic heterocycles. The standard InChI is InChI=1S/C97H126O3/c1-30(98)53-10-8-35-14-39-18-43-22-47-26-51-28-49-24-45-20-41-16-37-12-33-6-4-31-2-3-32-5-7-34-13-38-17-42-21-46-25-50-29-52-27-48-23-44-19-40-15-36-9-11-54(97(99)100)78-60(36)82-64(40)86-68(44)90-72(48)94-76(52)96-74(50)92-70(46)88-66(42)84-62(38)80-58(34)56(32)55(31)57(33)79(80)61(37)83(84)65(41)87(88)69(45)91(92)73(49)95(96)75(51)93(94)71(47)89(90)67(43)85(86)63(39)81(82)59(35)77(53)78/h31-96H,2-29H2,1H3,(H,99,100). The quantitative estimate of drug-likeness (QED) is 0.300. The number of ketones is 1. The molecule has 100 heavy (non-hydrogen) atoms. The summed E-state index contributed by atoms with van der Waals surface area (Å²) in [5, 5.41) is 11.6. The third-order valence-corrected chi connectivity index (χ3v) is 51.7. The number of fused-ring (bicyclic) bond motifs is 1. The Balaban J connectivity index is 0.558. The molecule has 33 aliphatic carbocycles. The lowest BCUT2D eigenvalue weighted by Gasteiger charge is -2.87. The lowest BCUT2D eigenvalue weighted by atomic mass is 9.18. The zero-order valence-electron chi connectivity index (χ0n) is 61.2. The fraction of sp³-hybridized carbons (Fsp3) is 0.979. The Morgan fingerprint density at radius 1 is 0.160 bits per heavy atom. The van der Waals surface area contributed by atoms with Crippen LogP contribution in [0.5, 0.6) is 0 Å². The van der Waals surface area contributed by atoms with Crippen LogP contribution < -0.4 is 0 Å². The molecule has 3 heteroatoms. The molecule has 0 aliphatic heterocycles. The second-order valence-corrected chi connectivity index (χ2v) is 50.3. The van der Waals surface area contributed by atoms with Crippen molar-refractivity contribution in [2.75, 3.05) is 0 Å².